The van der Waals surface area contributed by atoms with Crippen LogP contribution in [0.2, 0.25) is 0 Å². The Kier molecular flexibility index (Phi) is 2.94. The molecule has 1 saturated heterocycles. The largest absolute Gasteiger partial charge is 0.376 e. The zero-order valence-electron chi connectivity index (χ0n) is 12.6. The van der Waals surface area contributed by atoms with E-state index in [2.05, 4.69) is 36.1 Å². The minimum Gasteiger partial charge on any atom is -0.376 e. The number of fused-ring (bicyclic) bond motifs is 2. The molecular formula is C18H25NO. The summed E-state index contributed by atoms with van der Waals surface area (Å²) >= 11 is 0. The number of likely N-dealkylation sites (tertiary alicyclic amines) is 1. The summed E-state index contributed by atoms with van der Waals surface area (Å²) in [7, 11) is 1.90. The molecule has 4 rings (SSSR count). The van der Waals surface area contributed by atoms with Crippen LogP contribution in [0.3, 0.4) is 0 Å². The third-order valence-corrected chi connectivity index (χ3v) is 6.01. The maximum Gasteiger partial charge on any atom is 0.0885 e. The molecule has 1 aromatic carbocycles. The summed E-state index contributed by atoms with van der Waals surface area (Å²) in [5, 5.41) is 0. The van der Waals surface area contributed by atoms with E-state index in [0.29, 0.717) is 0 Å². The summed E-state index contributed by atoms with van der Waals surface area (Å²) in [4.78, 5) is 2.66. The standard InChI is InChI=1S/C18H25NO/c1-3-15-16-10-19(11-17(15)16)12-18(20-2)8-13-6-4-5-7-14(13)9-18/h4-7,15-17H,3,8-12H2,1-2H3/t15?,16-,17?/m0/s1. The highest BCUT2D eigenvalue weighted by molar-refractivity contribution is 5.35. The van der Waals surface area contributed by atoms with Crippen LogP contribution in [-0.2, 0) is 17.6 Å². The van der Waals surface area contributed by atoms with Crippen LogP contribution in [0.5, 0.6) is 0 Å². The second-order valence-electron chi connectivity index (χ2n) is 7.10. The maximum atomic E-state index is 6.00. The van der Waals surface area contributed by atoms with Crippen molar-refractivity contribution in [3.63, 3.8) is 0 Å². The molecule has 20 heavy (non-hydrogen) atoms. The quantitative estimate of drug-likeness (QED) is 0.835. The number of hydrogen-bond donors (Lipinski definition) is 0. The van der Waals surface area contributed by atoms with Crippen molar-refractivity contribution >= 4 is 0 Å². The molecule has 1 aromatic rings. The van der Waals surface area contributed by atoms with Crippen molar-refractivity contribution in [1.29, 1.82) is 0 Å². The lowest BCUT2D eigenvalue weighted by molar-refractivity contribution is -0.0272. The van der Waals surface area contributed by atoms with Gasteiger partial charge in [0.2, 0.25) is 0 Å². The number of ether oxygens (including phenoxy) is 1. The first-order chi connectivity index (χ1) is 9.74. The average molecular weight is 271 g/mol. The molecule has 0 amide bonds. The highest BCUT2D eigenvalue weighted by Crippen LogP contribution is 2.53. The first-order valence-corrected chi connectivity index (χ1v) is 8.09. The third-order valence-electron chi connectivity index (χ3n) is 6.01. The highest BCUT2D eigenvalue weighted by atomic mass is 16.5. The molecule has 1 aliphatic heterocycles. The van der Waals surface area contributed by atoms with E-state index in [4.69, 9.17) is 4.74 Å². The normalized spacial score (nSPS) is 34.0. The lowest BCUT2D eigenvalue weighted by Crippen LogP contribution is -2.45. The second-order valence-corrected chi connectivity index (χ2v) is 7.10. The molecule has 2 unspecified atom stereocenters. The summed E-state index contributed by atoms with van der Waals surface area (Å²) < 4.78 is 6.00. The summed E-state index contributed by atoms with van der Waals surface area (Å²) in [6.45, 7) is 6.08. The molecule has 3 atom stereocenters. The van der Waals surface area contributed by atoms with E-state index in [1.54, 1.807) is 0 Å². The van der Waals surface area contributed by atoms with Crippen LogP contribution < -0.4 is 0 Å². The molecule has 3 aliphatic rings. The molecule has 2 fully saturated rings. The van der Waals surface area contributed by atoms with Crippen molar-refractivity contribution < 1.29 is 4.74 Å². The van der Waals surface area contributed by atoms with E-state index >= 15 is 0 Å². The first kappa shape index (κ1) is 12.8. The number of piperidine rings is 1. The molecule has 2 heteroatoms. The van der Waals surface area contributed by atoms with Gasteiger partial charge in [0.25, 0.3) is 0 Å². The number of hydrogen-bond acceptors (Lipinski definition) is 2. The van der Waals surface area contributed by atoms with E-state index in [9.17, 15) is 0 Å². The molecule has 1 saturated carbocycles. The Morgan fingerprint density at radius 2 is 1.75 bits per heavy atom. The Balaban J connectivity index is 1.44. The zero-order chi connectivity index (χ0) is 13.7. The predicted molar refractivity (Wildman–Crippen MR) is 80.8 cm³/mol. The minimum atomic E-state index is 0.0299. The summed E-state index contributed by atoms with van der Waals surface area (Å²) in [6.07, 6.45) is 3.55. The summed E-state index contributed by atoms with van der Waals surface area (Å²) in [5.41, 5.74) is 3.01. The Labute approximate surface area is 122 Å². The van der Waals surface area contributed by atoms with Crippen LogP contribution >= 0.6 is 0 Å². The SMILES string of the molecule is CCC1C2CN(CC3(OC)Cc4ccccc4C3)C[C@@H]12. The molecule has 2 nitrogen and oxygen atoms in total. The van der Waals surface area contributed by atoms with Gasteiger partial charge in [-0.15, -0.1) is 0 Å². The van der Waals surface area contributed by atoms with Gasteiger partial charge in [-0.25, -0.2) is 0 Å². The van der Waals surface area contributed by atoms with Gasteiger partial charge >= 0.3 is 0 Å². The van der Waals surface area contributed by atoms with Gasteiger partial charge in [-0.05, 0) is 28.9 Å². The lowest BCUT2D eigenvalue weighted by atomic mass is 9.99. The fourth-order valence-corrected chi connectivity index (χ4v) is 4.86. The van der Waals surface area contributed by atoms with Crippen LogP contribution in [-0.4, -0.2) is 37.2 Å². The van der Waals surface area contributed by atoms with Gasteiger partial charge in [-0.2, -0.15) is 0 Å². The fourth-order valence-electron chi connectivity index (χ4n) is 4.86. The average Bonchev–Trinajstić information content (AvgIpc) is 2.83. The molecule has 0 aromatic heterocycles. The summed E-state index contributed by atoms with van der Waals surface area (Å²) in [6, 6.07) is 8.85. The second kappa shape index (κ2) is 4.57. The number of rotatable bonds is 4. The Hall–Kier alpha value is -0.860. The van der Waals surface area contributed by atoms with Crippen LogP contribution in [0, 0.1) is 17.8 Å². The van der Waals surface area contributed by atoms with Gasteiger partial charge in [0.1, 0.15) is 0 Å². The molecule has 0 spiro atoms. The fraction of sp³-hybridized carbons (Fsp3) is 0.667. The van der Waals surface area contributed by atoms with Crippen LogP contribution in [0.4, 0.5) is 0 Å². The molecule has 2 aliphatic carbocycles. The van der Waals surface area contributed by atoms with Crippen LogP contribution in [0.25, 0.3) is 0 Å². The van der Waals surface area contributed by atoms with Gasteiger partial charge in [0.05, 0.1) is 5.60 Å². The monoisotopic (exact) mass is 271 g/mol. The van der Waals surface area contributed by atoms with E-state index in [-0.39, 0.29) is 5.60 Å². The van der Waals surface area contributed by atoms with Gasteiger partial charge in [-0.3, -0.25) is 4.90 Å². The smallest absolute Gasteiger partial charge is 0.0885 e. The van der Waals surface area contributed by atoms with Crippen molar-refractivity contribution in [3.05, 3.63) is 35.4 Å². The summed E-state index contributed by atoms with van der Waals surface area (Å²) in [5.74, 6) is 3.03. The minimum absolute atomic E-state index is 0.0299. The number of nitrogens with zero attached hydrogens (tertiary/aromatic N) is 1. The Bertz CT molecular complexity index is 475. The molecular weight excluding hydrogens is 246 g/mol. The molecule has 0 bridgehead atoms. The van der Waals surface area contributed by atoms with E-state index < -0.39 is 0 Å². The van der Waals surface area contributed by atoms with Crippen LogP contribution in [0.15, 0.2) is 24.3 Å². The van der Waals surface area contributed by atoms with Gasteiger partial charge in [-0.1, -0.05) is 37.6 Å². The maximum absolute atomic E-state index is 6.00. The molecule has 0 radical (unpaired) electrons. The zero-order valence-corrected chi connectivity index (χ0v) is 12.6. The van der Waals surface area contributed by atoms with Crippen molar-refractivity contribution in [2.75, 3.05) is 26.7 Å². The van der Waals surface area contributed by atoms with Crippen molar-refractivity contribution in [1.82, 2.24) is 4.90 Å². The third kappa shape index (κ3) is 1.93. The van der Waals surface area contributed by atoms with E-state index in [1.165, 1.54) is 30.6 Å². The first-order valence-electron chi connectivity index (χ1n) is 8.09. The van der Waals surface area contributed by atoms with Crippen molar-refractivity contribution in [3.8, 4) is 0 Å². The van der Waals surface area contributed by atoms with E-state index in [1.807, 2.05) is 7.11 Å². The predicted octanol–water partition coefficient (Wildman–Crippen LogP) is 2.76. The number of methoxy groups -OCH3 is 1. The van der Waals surface area contributed by atoms with E-state index in [0.717, 1.165) is 37.1 Å². The highest BCUT2D eigenvalue weighted by Gasteiger charge is 2.55. The van der Waals surface area contributed by atoms with Crippen LogP contribution in [0.1, 0.15) is 24.5 Å². The van der Waals surface area contributed by atoms with Gasteiger partial charge in [0, 0.05) is 39.6 Å². The molecule has 0 N–H and O–H groups in total. The number of benzene rings is 1. The lowest BCUT2D eigenvalue weighted by Gasteiger charge is -2.33. The topological polar surface area (TPSA) is 12.5 Å². The Morgan fingerprint density at radius 3 is 2.25 bits per heavy atom. The molecule has 1 heterocycles. The Morgan fingerprint density at radius 1 is 1.15 bits per heavy atom. The van der Waals surface area contributed by atoms with Crippen molar-refractivity contribution in [2.45, 2.75) is 31.8 Å². The van der Waals surface area contributed by atoms with Crippen molar-refractivity contribution in [2.24, 2.45) is 17.8 Å². The molecule has 108 valence electrons. The van der Waals surface area contributed by atoms with Gasteiger partial charge in [0.15, 0.2) is 0 Å². The van der Waals surface area contributed by atoms with Gasteiger partial charge < -0.3 is 4.74 Å².